The Kier molecular flexibility index (Phi) is 4.25. The summed E-state index contributed by atoms with van der Waals surface area (Å²) in [5.74, 6) is 1.86. The van der Waals surface area contributed by atoms with Gasteiger partial charge in [0.05, 0.1) is 16.9 Å². The average Bonchev–Trinajstić information content (AvgIpc) is 2.72. The number of imidazole rings is 1. The van der Waals surface area contributed by atoms with Gasteiger partial charge in [-0.1, -0.05) is 19.9 Å². The van der Waals surface area contributed by atoms with Crippen molar-refractivity contribution in [3.05, 3.63) is 29.6 Å². The summed E-state index contributed by atoms with van der Waals surface area (Å²) in [4.78, 5) is 15.7. The largest absolute Gasteiger partial charge is 0.327 e. The van der Waals surface area contributed by atoms with Gasteiger partial charge in [-0.2, -0.15) is 0 Å². The predicted octanol–water partition coefficient (Wildman–Crippen LogP) is 3.88. The molecular formula is C15H19ClN2O. The van der Waals surface area contributed by atoms with Crippen molar-refractivity contribution in [3.63, 3.8) is 0 Å². The number of rotatable bonds is 5. The molecule has 2 aromatic rings. The fourth-order valence-electron chi connectivity index (χ4n) is 2.18. The molecule has 2 rings (SSSR count). The van der Waals surface area contributed by atoms with Crippen LogP contribution in [0.15, 0.2) is 18.2 Å². The molecule has 1 aromatic carbocycles. The molecule has 0 unspecified atom stereocenters. The number of fused-ring (bicyclic) bond motifs is 1. The molecule has 1 heterocycles. The maximum atomic E-state index is 11.2. The van der Waals surface area contributed by atoms with Gasteiger partial charge in [0.2, 0.25) is 0 Å². The summed E-state index contributed by atoms with van der Waals surface area (Å²) in [7, 11) is 0. The normalized spacial score (nSPS) is 11.4. The Bertz CT molecular complexity index is 601. The van der Waals surface area contributed by atoms with Gasteiger partial charge >= 0.3 is 0 Å². The van der Waals surface area contributed by atoms with Gasteiger partial charge in [-0.25, -0.2) is 4.98 Å². The van der Waals surface area contributed by atoms with Gasteiger partial charge in [0, 0.05) is 13.0 Å². The van der Waals surface area contributed by atoms with Gasteiger partial charge in [-0.05, 0) is 30.5 Å². The number of benzene rings is 1. The van der Waals surface area contributed by atoms with Gasteiger partial charge in [0.25, 0.3) is 0 Å². The lowest BCUT2D eigenvalue weighted by Crippen LogP contribution is -2.05. The first kappa shape index (κ1) is 14.1. The molecule has 0 spiro atoms. The Morgan fingerprint density at radius 3 is 2.74 bits per heavy atom. The first-order valence-corrected chi connectivity index (χ1v) is 7.11. The van der Waals surface area contributed by atoms with Crippen LogP contribution in [0.25, 0.3) is 11.0 Å². The fraction of sp³-hybridized carbons (Fsp3) is 0.467. The number of alkyl halides is 1. The summed E-state index contributed by atoms with van der Waals surface area (Å²) >= 11 is 5.95. The maximum Gasteiger partial charge on any atom is 0.131 e. The second kappa shape index (κ2) is 5.74. The average molecular weight is 279 g/mol. The third-order valence-corrected chi connectivity index (χ3v) is 3.56. The van der Waals surface area contributed by atoms with E-state index < -0.39 is 0 Å². The van der Waals surface area contributed by atoms with Crippen LogP contribution in [0.2, 0.25) is 0 Å². The van der Waals surface area contributed by atoms with Gasteiger partial charge in [0.1, 0.15) is 11.6 Å². The predicted molar refractivity (Wildman–Crippen MR) is 78.7 cm³/mol. The molecule has 0 atom stereocenters. The molecule has 3 nitrogen and oxygen atoms in total. The fourth-order valence-corrected chi connectivity index (χ4v) is 2.38. The Labute approximate surface area is 118 Å². The lowest BCUT2D eigenvalue weighted by Gasteiger charge is -2.07. The summed E-state index contributed by atoms with van der Waals surface area (Å²) in [6.45, 7) is 6.58. The van der Waals surface area contributed by atoms with E-state index in [1.165, 1.54) is 5.56 Å². The van der Waals surface area contributed by atoms with Crippen LogP contribution in [0.3, 0.4) is 0 Å². The number of aryl methyl sites for hydroxylation is 1. The molecule has 102 valence electrons. The van der Waals surface area contributed by atoms with E-state index in [-0.39, 0.29) is 5.78 Å². The molecule has 4 heteroatoms. The number of carbonyl (C=O) groups is 1. The third kappa shape index (κ3) is 2.98. The van der Waals surface area contributed by atoms with Crippen LogP contribution >= 0.6 is 11.6 Å². The summed E-state index contributed by atoms with van der Waals surface area (Å²) in [6.07, 6.45) is 0.515. The van der Waals surface area contributed by atoms with E-state index in [0.29, 0.717) is 24.8 Å². The van der Waals surface area contributed by atoms with Crippen molar-refractivity contribution in [1.82, 2.24) is 9.55 Å². The third-order valence-electron chi connectivity index (χ3n) is 3.33. The van der Waals surface area contributed by atoms with Crippen molar-refractivity contribution in [1.29, 1.82) is 0 Å². The molecule has 0 aliphatic rings. The van der Waals surface area contributed by atoms with E-state index in [1.807, 2.05) is 4.57 Å². The molecule has 0 amide bonds. The number of hydrogen-bond donors (Lipinski definition) is 0. The highest BCUT2D eigenvalue weighted by molar-refractivity contribution is 6.16. The molecule has 0 radical (unpaired) electrons. The van der Waals surface area contributed by atoms with Crippen LogP contribution in [-0.4, -0.2) is 15.3 Å². The molecular weight excluding hydrogens is 260 g/mol. The number of halogens is 1. The van der Waals surface area contributed by atoms with E-state index in [1.54, 1.807) is 6.92 Å². The van der Waals surface area contributed by atoms with Crippen molar-refractivity contribution in [2.75, 3.05) is 0 Å². The van der Waals surface area contributed by atoms with Gasteiger partial charge < -0.3 is 4.57 Å². The highest BCUT2D eigenvalue weighted by Gasteiger charge is 2.11. The molecule has 0 aliphatic carbocycles. The van der Waals surface area contributed by atoms with Gasteiger partial charge in [0.15, 0.2) is 0 Å². The van der Waals surface area contributed by atoms with E-state index in [4.69, 9.17) is 11.6 Å². The molecule has 1 aromatic heterocycles. The number of ketones is 1. The lowest BCUT2D eigenvalue weighted by atomic mass is 10.0. The zero-order valence-electron chi connectivity index (χ0n) is 11.6. The first-order valence-electron chi connectivity index (χ1n) is 6.57. The first-order chi connectivity index (χ1) is 9.02. The minimum absolute atomic E-state index is 0.182. The van der Waals surface area contributed by atoms with Crippen molar-refractivity contribution >= 4 is 28.4 Å². The lowest BCUT2D eigenvalue weighted by molar-refractivity contribution is -0.117. The number of Topliss-reactive ketones (excluding diaryl/α,β-unsaturated/α-hetero) is 1. The molecule has 0 saturated heterocycles. The highest BCUT2D eigenvalue weighted by Crippen LogP contribution is 2.23. The Morgan fingerprint density at radius 1 is 1.42 bits per heavy atom. The molecule has 0 bridgehead atoms. The SMILES string of the molecule is CC(=O)CCn1c(CCl)nc2cc(C(C)C)ccc21. The zero-order valence-corrected chi connectivity index (χ0v) is 12.4. The van der Waals surface area contributed by atoms with Crippen molar-refractivity contribution in [2.24, 2.45) is 0 Å². The minimum atomic E-state index is 0.182. The molecule has 0 N–H and O–H groups in total. The van der Waals surface area contributed by atoms with Gasteiger partial charge in [-0.15, -0.1) is 11.6 Å². The zero-order chi connectivity index (χ0) is 14.0. The number of hydrogen-bond acceptors (Lipinski definition) is 2. The van der Waals surface area contributed by atoms with E-state index >= 15 is 0 Å². The van der Waals surface area contributed by atoms with Crippen molar-refractivity contribution in [3.8, 4) is 0 Å². The number of nitrogens with zero attached hydrogens (tertiary/aromatic N) is 2. The Balaban J connectivity index is 2.46. The highest BCUT2D eigenvalue weighted by atomic mass is 35.5. The molecule has 19 heavy (non-hydrogen) atoms. The quantitative estimate of drug-likeness (QED) is 0.778. The molecule has 0 saturated carbocycles. The van der Waals surface area contributed by atoms with E-state index in [9.17, 15) is 4.79 Å². The monoisotopic (exact) mass is 278 g/mol. The van der Waals surface area contributed by atoms with Crippen LogP contribution in [0, 0.1) is 0 Å². The summed E-state index contributed by atoms with van der Waals surface area (Å²) < 4.78 is 2.05. The molecule has 0 fully saturated rings. The standard InChI is InChI=1S/C15H19ClN2O/c1-10(2)12-4-5-14-13(8-12)17-15(9-16)18(14)7-6-11(3)19/h4-5,8,10H,6-7,9H2,1-3H3. The van der Waals surface area contributed by atoms with Crippen LogP contribution in [-0.2, 0) is 17.2 Å². The number of aromatic nitrogens is 2. The summed E-state index contributed by atoms with van der Waals surface area (Å²) in [5, 5.41) is 0. The minimum Gasteiger partial charge on any atom is -0.327 e. The van der Waals surface area contributed by atoms with Crippen LogP contribution in [0.4, 0.5) is 0 Å². The van der Waals surface area contributed by atoms with Crippen molar-refractivity contribution in [2.45, 2.75) is 45.5 Å². The summed E-state index contributed by atoms with van der Waals surface area (Å²) in [5.41, 5.74) is 3.29. The van der Waals surface area contributed by atoms with Crippen LogP contribution in [0.5, 0.6) is 0 Å². The molecule has 0 aliphatic heterocycles. The maximum absolute atomic E-state index is 11.2. The summed E-state index contributed by atoms with van der Waals surface area (Å²) in [6, 6.07) is 6.31. The Morgan fingerprint density at radius 2 is 2.16 bits per heavy atom. The smallest absolute Gasteiger partial charge is 0.131 e. The van der Waals surface area contributed by atoms with Gasteiger partial charge in [-0.3, -0.25) is 4.79 Å². The topological polar surface area (TPSA) is 34.9 Å². The second-order valence-electron chi connectivity index (χ2n) is 5.17. The van der Waals surface area contributed by atoms with Crippen molar-refractivity contribution < 1.29 is 4.79 Å². The second-order valence-corrected chi connectivity index (χ2v) is 5.44. The number of carbonyl (C=O) groups excluding carboxylic acids is 1. The van der Waals surface area contributed by atoms with E-state index in [0.717, 1.165) is 16.9 Å². The Hall–Kier alpha value is -1.35. The van der Waals surface area contributed by atoms with E-state index in [2.05, 4.69) is 37.0 Å². The van der Waals surface area contributed by atoms with Crippen LogP contribution < -0.4 is 0 Å². The van der Waals surface area contributed by atoms with Crippen LogP contribution in [0.1, 0.15) is 44.5 Å².